The summed E-state index contributed by atoms with van der Waals surface area (Å²) in [5.41, 5.74) is 15.7. The third-order valence-corrected chi connectivity index (χ3v) is 8.18. The van der Waals surface area contributed by atoms with Gasteiger partial charge in [0, 0.05) is 17.1 Å². The summed E-state index contributed by atoms with van der Waals surface area (Å²) < 4.78 is 0. The Morgan fingerprint density at radius 2 is 0.644 bits per heavy atom. The van der Waals surface area contributed by atoms with Crippen LogP contribution in [0, 0.1) is 27.7 Å². The molecule has 1 nitrogen and oxygen atoms in total. The summed E-state index contributed by atoms with van der Waals surface area (Å²) in [4.78, 5) is 2.31. The van der Waals surface area contributed by atoms with E-state index in [4.69, 9.17) is 0 Å². The predicted molar refractivity (Wildman–Crippen MR) is 195 cm³/mol. The van der Waals surface area contributed by atoms with E-state index in [0.717, 1.165) is 22.6 Å². The maximum absolute atomic E-state index is 2.31. The summed E-state index contributed by atoms with van der Waals surface area (Å²) in [6, 6.07) is 52.5. The number of hydrogen-bond donors (Lipinski definition) is 0. The molecule has 0 aliphatic rings. The summed E-state index contributed by atoms with van der Waals surface area (Å²) in [6.07, 6.45) is 6.65. The molecule has 0 saturated heterocycles. The number of benzene rings is 6. The molecule has 0 aliphatic heterocycles. The average molecular weight is 582 g/mol. The Hall–Kier alpha value is -5.40. The van der Waals surface area contributed by atoms with Crippen LogP contribution in [-0.2, 0) is 0 Å². The zero-order valence-electron chi connectivity index (χ0n) is 26.5. The Kier molecular flexibility index (Phi) is 8.89. The minimum Gasteiger partial charge on any atom is -0.311 e. The minimum absolute atomic E-state index is 1.13. The zero-order valence-corrected chi connectivity index (χ0v) is 26.5. The molecule has 0 saturated carbocycles. The van der Waals surface area contributed by atoms with Gasteiger partial charge in [0.25, 0.3) is 0 Å². The van der Waals surface area contributed by atoms with Crippen molar-refractivity contribution in [2.24, 2.45) is 0 Å². The van der Waals surface area contributed by atoms with Gasteiger partial charge in [-0.15, -0.1) is 0 Å². The Bertz CT molecular complexity index is 1810. The first-order valence-electron chi connectivity index (χ1n) is 15.6. The molecular formula is C44H39N. The van der Waals surface area contributed by atoms with E-state index in [-0.39, 0.29) is 0 Å². The van der Waals surface area contributed by atoms with Crippen LogP contribution < -0.4 is 4.90 Å². The standard InChI is InChI=1S/C44H39N/c1-32-5-21-39(22-6-32)44(40-23-7-33(2)8-24-40)31-38-17-15-36(16-18-38)13-14-37-19-29-43(30-20-37)45(41-25-9-34(3)10-26-41)42-27-11-35(4)12-28-42/h5-31H,1-4H3. The quantitative estimate of drug-likeness (QED) is 0.162. The van der Waals surface area contributed by atoms with Crippen LogP contribution in [0.4, 0.5) is 17.1 Å². The smallest absolute Gasteiger partial charge is 0.0462 e. The van der Waals surface area contributed by atoms with E-state index in [2.05, 4.69) is 196 Å². The Balaban J connectivity index is 1.22. The van der Waals surface area contributed by atoms with Gasteiger partial charge in [-0.3, -0.25) is 0 Å². The van der Waals surface area contributed by atoms with Crippen LogP contribution in [0.3, 0.4) is 0 Å². The summed E-state index contributed by atoms with van der Waals surface area (Å²) in [7, 11) is 0. The monoisotopic (exact) mass is 581 g/mol. The fourth-order valence-corrected chi connectivity index (χ4v) is 5.43. The van der Waals surface area contributed by atoms with Crippen molar-refractivity contribution >= 4 is 40.9 Å². The molecule has 45 heavy (non-hydrogen) atoms. The predicted octanol–water partition coefficient (Wildman–Crippen LogP) is 12.1. The normalized spacial score (nSPS) is 11.0. The van der Waals surface area contributed by atoms with E-state index in [1.54, 1.807) is 0 Å². The first kappa shape index (κ1) is 29.7. The van der Waals surface area contributed by atoms with Gasteiger partial charge in [-0.05, 0) is 104 Å². The van der Waals surface area contributed by atoms with Crippen LogP contribution in [-0.4, -0.2) is 0 Å². The van der Waals surface area contributed by atoms with Gasteiger partial charge in [0.05, 0.1) is 0 Å². The van der Waals surface area contributed by atoms with E-state index in [1.807, 2.05) is 0 Å². The van der Waals surface area contributed by atoms with Gasteiger partial charge < -0.3 is 4.90 Å². The SMILES string of the molecule is Cc1ccc(C(=Cc2ccc(C=Cc3ccc(N(c4ccc(C)cc4)c4ccc(C)cc4)cc3)cc2)c2ccc(C)cc2)cc1. The van der Waals surface area contributed by atoms with Crippen LogP contribution in [0.1, 0.15) is 50.1 Å². The summed E-state index contributed by atoms with van der Waals surface area (Å²) in [5.74, 6) is 0. The molecule has 0 heterocycles. The zero-order chi connectivity index (χ0) is 31.2. The van der Waals surface area contributed by atoms with Gasteiger partial charge in [0.15, 0.2) is 0 Å². The first-order valence-corrected chi connectivity index (χ1v) is 15.6. The Morgan fingerprint density at radius 1 is 0.356 bits per heavy atom. The van der Waals surface area contributed by atoms with Crippen molar-refractivity contribution in [2.75, 3.05) is 4.90 Å². The van der Waals surface area contributed by atoms with Crippen molar-refractivity contribution in [3.63, 3.8) is 0 Å². The largest absolute Gasteiger partial charge is 0.311 e. The number of hydrogen-bond acceptors (Lipinski definition) is 1. The van der Waals surface area contributed by atoms with Gasteiger partial charge in [-0.2, -0.15) is 0 Å². The van der Waals surface area contributed by atoms with Crippen LogP contribution in [0.5, 0.6) is 0 Å². The molecule has 6 aromatic carbocycles. The van der Waals surface area contributed by atoms with E-state index in [0.29, 0.717) is 0 Å². The molecule has 0 fully saturated rings. The van der Waals surface area contributed by atoms with Crippen molar-refractivity contribution < 1.29 is 0 Å². The molecule has 0 radical (unpaired) electrons. The lowest BCUT2D eigenvalue weighted by Crippen LogP contribution is -2.09. The van der Waals surface area contributed by atoms with Crippen LogP contribution in [0.15, 0.2) is 146 Å². The van der Waals surface area contributed by atoms with Crippen molar-refractivity contribution in [2.45, 2.75) is 27.7 Å². The number of anilines is 3. The maximum Gasteiger partial charge on any atom is 0.0462 e. The van der Waals surface area contributed by atoms with Crippen LogP contribution in [0.25, 0.3) is 23.8 Å². The summed E-state index contributed by atoms with van der Waals surface area (Å²) in [6.45, 7) is 8.51. The highest BCUT2D eigenvalue weighted by Gasteiger charge is 2.12. The fraction of sp³-hybridized carbons (Fsp3) is 0.0909. The molecule has 0 N–H and O–H groups in total. The molecule has 0 aliphatic carbocycles. The average Bonchev–Trinajstić information content (AvgIpc) is 3.07. The van der Waals surface area contributed by atoms with Crippen LogP contribution in [0.2, 0.25) is 0 Å². The molecule has 0 aromatic heterocycles. The summed E-state index contributed by atoms with van der Waals surface area (Å²) >= 11 is 0. The molecule has 0 amide bonds. The molecule has 6 rings (SSSR count). The second-order valence-corrected chi connectivity index (χ2v) is 11.9. The third kappa shape index (κ3) is 7.40. The van der Waals surface area contributed by atoms with Crippen LogP contribution >= 0.6 is 0 Å². The summed E-state index contributed by atoms with van der Waals surface area (Å²) in [5, 5.41) is 0. The number of nitrogens with zero attached hydrogens (tertiary/aromatic N) is 1. The number of rotatable bonds is 8. The van der Waals surface area contributed by atoms with Gasteiger partial charge in [-0.25, -0.2) is 0 Å². The molecule has 0 atom stereocenters. The third-order valence-electron chi connectivity index (χ3n) is 8.18. The minimum atomic E-state index is 1.13. The number of aryl methyl sites for hydroxylation is 4. The highest BCUT2D eigenvalue weighted by Crippen LogP contribution is 2.35. The molecule has 0 spiro atoms. The van der Waals surface area contributed by atoms with E-state index in [1.165, 1.54) is 50.1 Å². The second kappa shape index (κ2) is 13.5. The van der Waals surface area contributed by atoms with Crippen molar-refractivity contribution in [3.05, 3.63) is 196 Å². The van der Waals surface area contributed by atoms with Crippen molar-refractivity contribution in [1.29, 1.82) is 0 Å². The van der Waals surface area contributed by atoms with Gasteiger partial charge >= 0.3 is 0 Å². The van der Waals surface area contributed by atoms with Gasteiger partial charge in [0.1, 0.15) is 0 Å². The van der Waals surface area contributed by atoms with E-state index >= 15 is 0 Å². The lowest BCUT2D eigenvalue weighted by Gasteiger charge is -2.25. The van der Waals surface area contributed by atoms with E-state index in [9.17, 15) is 0 Å². The van der Waals surface area contributed by atoms with Gasteiger partial charge in [0.2, 0.25) is 0 Å². The molecule has 0 unspecified atom stereocenters. The van der Waals surface area contributed by atoms with Crippen molar-refractivity contribution in [3.8, 4) is 0 Å². The molecule has 220 valence electrons. The molecule has 6 aromatic rings. The highest BCUT2D eigenvalue weighted by molar-refractivity contribution is 5.91. The lowest BCUT2D eigenvalue weighted by molar-refractivity contribution is 1.27. The van der Waals surface area contributed by atoms with Crippen molar-refractivity contribution in [1.82, 2.24) is 0 Å². The highest BCUT2D eigenvalue weighted by atomic mass is 15.1. The lowest BCUT2D eigenvalue weighted by atomic mass is 9.94. The Morgan fingerprint density at radius 3 is 1.02 bits per heavy atom. The molecule has 1 heteroatoms. The molecule has 0 bridgehead atoms. The molecular weight excluding hydrogens is 542 g/mol. The van der Waals surface area contributed by atoms with E-state index < -0.39 is 0 Å². The fourth-order valence-electron chi connectivity index (χ4n) is 5.43. The topological polar surface area (TPSA) is 3.24 Å². The second-order valence-electron chi connectivity index (χ2n) is 11.9. The maximum atomic E-state index is 2.31. The Labute approximate surface area is 268 Å². The van der Waals surface area contributed by atoms with Gasteiger partial charge in [-0.1, -0.05) is 144 Å². The first-order chi connectivity index (χ1) is 21.9.